The van der Waals surface area contributed by atoms with Crippen molar-refractivity contribution >= 4 is 34.8 Å². The summed E-state index contributed by atoms with van der Waals surface area (Å²) in [4.78, 5) is 0. The molecule has 21 heavy (non-hydrogen) atoms. The lowest BCUT2D eigenvalue weighted by molar-refractivity contribution is 0.456. The molecular weight excluding hydrogens is 325 g/mol. The molecule has 0 saturated heterocycles. The first-order valence-electron chi connectivity index (χ1n) is 6.97. The third-order valence-corrected chi connectivity index (χ3v) is 4.53. The van der Waals surface area contributed by atoms with Crippen LogP contribution in [0.15, 0.2) is 42.5 Å². The van der Waals surface area contributed by atoms with Gasteiger partial charge in [0.05, 0.1) is 10.0 Å². The van der Waals surface area contributed by atoms with Crippen molar-refractivity contribution in [3.05, 3.63) is 68.7 Å². The van der Waals surface area contributed by atoms with Crippen LogP contribution in [-0.2, 0) is 0 Å². The molecule has 2 aromatic carbocycles. The number of halogens is 3. The van der Waals surface area contributed by atoms with Crippen molar-refractivity contribution in [2.24, 2.45) is 0 Å². The van der Waals surface area contributed by atoms with Crippen molar-refractivity contribution in [3.8, 4) is 0 Å². The van der Waals surface area contributed by atoms with Gasteiger partial charge < -0.3 is 5.32 Å². The molecule has 0 amide bonds. The van der Waals surface area contributed by atoms with Crippen molar-refractivity contribution < 1.29 is 0 Å². The Morgan fingerprint density at radius 2 is 1.71 bits per heavy atom. The highest BCUT2D eigenvalue weighted by molar-refractivity contribution is 6.42. The summed E-state index contributed by atoms with van der Waals surface area (Å²) >= 11 is 18.1. The molecule has 2 rings (SSSR count). The molecule has 0 heterocycles. The van der Waals surface area contributed by atoms with E-state index in [-0.39, 0.29) is 12.1 Å². The molecule has 0 spiro atoms. The van der Waals surface area contributed by atoms with Crippen molar-refractivity contribution in [1.82, 2.24) is 5.32 Å². The van der Waals surface area contributed by atoms with Crippen LogP contribution in [0.25, 0.3) is 0 Å². The smallest absolute Gasteiger partial charge is 0.0595 e. The molecule has 0 bridgehead atoms. The molecule has 0 aromatic heterocycles. The Morgan fingerprint density at radius 1 is 0.952 bits per heavy atom. The monoisotopic (exact) mass is 341 g/mol. The van der Waals surface area contributed by atoms with Crippen LogP contribution in [0.4, 0.5) is 0 Å². The molecule has 4 heteroatoms. The topological polar surface area (TPSA) is 12.0 Å². The highest BCUT2D eigenvalue weighted by Crippen LogP contribution is 2.29. The predicted octanol–water partition coefficient (Wildman–Crippen LogP) is 6.45. The van der Waals surface area contributed by atoms with Crippen molar-refractivity contribution in [2.45, 2.75) is 32.4 Å². The van der Waals surface area contributed by atoms with Gasteiger partial charge in [0.25, 0.3) is 0 Å². The normalized spacial score (nSPS) is 14.0. The van der Waals surface area contributed by atoms with E-state index < -0.39 is 0 Å². The third kappa shape index (κ3) is 4.37. The highest BCUT2D eigenvalue weighted by atomic mass is 35.5. The Morgan fingerprint density at radius 3 is 2.33 bits per heavy atom. The van der Waals surface area contributed by atoms with E-state index in [1.165, 1.54) is 5.56 Å². The molecular formula is C17H18Cl3N. The predicted molar refractivity (Wildman–Crippen MR) is 92.5 cm³/mol. The lowest BCUT2D eigenvalue weighted by Gasteiger charge is -2.23. The average Bonchev–Trinajstić information content (AvgIpc) is 2.47. The van der Waals surface area contributed by atoms with Crippen LogP contribution in [0.3, 0.4) is 0 Å². The van der Waals surface area contributed by atoms with Gasteiger partial charge in [-0.05, 0) is 48.7 Å². The second kappa shape index (κ2) is 7.51. The first kappa shape index (κ1) is 16.6. The minimum Gasteiger partial charge on any atom is -0.303 e. The molecule has 0 aliphatic heterocycles. The zero-order valence-electron chi connectivity index (χ0n) is 12.0. The summed E-state index contributed by atoms with van der Waals surface area (Å²) < 4.78 is 0. The largest absolute Gasteiger partial charge is 0.303 e. The Bertz CT molecular complexity index is 613. The maximum absolute atomic E-state index is 6.11. The maximum Gasteiger partial charge on any atom is 0.0595 e. The number of rotatable bonds is 5. The molecule has 0 aliphatic carbocycles. The van der Waals surface area contributed by atoms with E-state index in [2.05, 4.69) is 25.2 Å². The summed E-state index contributed by atoms with van der Waals surface area (Å²) in [6, 6.07) is 14.1. The molecule has 2 atom stereocenters. The van der Waals surface area contributed by atoms with Crippen LogP contribution in [0.2, 0.25) is 15.1 Å². The zero-order valence-corrected chi connectivity index (χ0v) is 14.3. The molecule has 1 unspecified atom stereocenters. The molecule has 1 N–H and O–H groups in total. The van der Waals surface area contributed by atoms with Gasteiger partial charge in [-0.1, -0.05) is 59.9 Å². The summed E-state index contributed by atoms with van der Waals surface area (Å²) in [5.74, 6) is 0. The zero-order chi connectivity index (χ0) is 15.4. The molecule has 2 aromatic rings. The summed E-state index contributed by atoms with van der Waals surface area (Å²) in [5, 5.41) is 5.54. The second-order valence-electron chi connectivity index (χ2n) is 5.08. The van der Waals surface area contributed by atoms with Gasteiger partial charge in [0, 0.05) is 17.1 Å². The Kier molecular flexibility index (Phi) is 5.95. The molecule has 0 saturated carbocycles. The number of nitrogens with one attached hydrogen (secondary N) is 1. The molecule has 0 radical (unpaired) electrons. The van der Waals surface area contributed by atoms with Gasteiger partial charge in [0.15, 0.2) is 0 Å². The number of hydrogen-bond acceptors (Lipinski definition) is 1. The first-order chi connectivity index (χ1) is 10.0. The van der Waals surface area contributed by atoms with Gasteiger partial charge >= 0.3 is 0 Å². The summed E-state index contributed by atoms with van der Waals surface area (Å²) in [6.45, 7) is 4.27. The summed E-state index contributed by atoms with van der Waals surface area (Å²) in [6.07, 6.45) is 0.961. The third-order valence-electron chi connectivity index (χ3n) is 3.55. The lowest BCUT2D eigenvalue weighted by Crippen LogP contribution is -2.24. The minimum absolute atomic E-state index is 0.197. The SMILES string of the molecule is CCC(N[C@@H](C)c1cccc(Cl)c1)c1ccc(Cl)c(Cl)c1. The van der Waals surface area contributed by atoms with E-state index in [1.54, 1.807) is 0 Å². The van der Waals surface area contributed by atoms with Gasteiger partial charge in [0.2, 0.25) is 0 Å². The quantitative estimate of drug-likeness (QED) is 0.658. The van der Waals surface area contributed by atoms with Gasteiger partial charge in [0.1, 0.15) is 0 Å². The van der Waals surface area contributed by atoms with Crippen molar-refractivity contribution in [3.63, 3.8) is 0 Å². The van der Waals surface area contributed by atoms with E-state index in [9.17, 15) is 0 Å². The molecule has 112 valence electrons. The van der Waals surface area contributed by atoms with Crippen molar-refractivity contribution in [2.75, 3.05) is 0 Å². The van der Waals surface area contributed by atoms with Crippen LogP contribution >= 0.6 is 34.8 Å². The maximum atomic E-state index is 6.11. The molecule has 0 fully saturated rings. The Labute approximate surface area is 141 Å². The van der Waals surface area contributed by atoms with Crippen LogP contribution in [0.1, 0.15) is 43.5 Å². The van der Waals surface area contributed by atoms with Crippen LogP contribution in [0, 0.1) is 0 Å². The van der Waals surface area contributed by atoms with Crippen LogP contribution in [-0.4, -0.2) is 0 Å². The standard InChI is InChI=1S/C17H18Cl3N/c1-3-17(13-7-8-15(19)16(20)10-13)21-11(2)12-5-4-6-14(18)9-12/h4-11,17,21H,3H2,1-2H3/t11-,17?/m0/s1. The average molecular weight is 343 g/mol. The minimum atomic E-state index is 0.197. The molecule has 1 nitrogen and oxygen atoms in total. The second-order valence-corrected chi connectivity index (χ2v) is 6.33. The summed E-state index contributed by atoms with van der Waals surface area (Å²) in [5.41, 5.74) is 2.31. The number of benzene rings is 2. The van der Waals surface area contributed by atoms with E-state index in [0.717, 1.165) is 17.0 Å². The number of hydrogen-bond donors (Lipinski definition) is 1. The fourth-order valence-corrected chi connectivity index (χ4v) is 2.86. The van der Waals surface area contributed by atoms with E-state index in [0.29, 0.717) is 10.0 Å². The Hall–Kier alpha value is -0.730. The fraction of sp³-hybridized carbons (Fsp3) is 0.294. The van der Waals surface area contributed by atoms with Gasteiger partial charge in [-0.3, -0.25) is 0 Å². The van der Waals surface area contributed by atoms with Gasteiger partial charge in [-0.15, -0.1) is 0 Å². The van der Waals surface area contributed by atoms with Gasteiger partial charge in [-0.25, -0.2) is 0 Å². The van der Waals surface area contributed by atoms with Crippen LogP contribution in [0.5, 0.6) is 0 Å². The lowest BCUT2D eigenvalue weighted by atomic mass is 10.0. The van der Waals surface area contributed by atoms with Gasteiger partial charge in [-0.2, -0.15) is 0 Å². The van der Waals surface area contributed by atoms with E-state index >= 15 is 0 Å². The van der Waals surface area contributed by atoms with Crippen LogP contribution < -0.4 is 5.32 Å². The van der Waals surface area contributed by atoms with E-state index in [4.69, 9.17) is 34.8 Å². The fourth-order valence-electron chi connectivity index (χ4n) is 2.35. The Balaban J connectivity index is 2.16. The van der Waals surface area contributed by atoms with E-state index in [1.807, 2.05) is 36.4 Å². The first-order valence-corrected chi connectivity index (χ1v) is 8.11. The highest BCUT2D eigenvalue weighted by Gasteiger charge is 2.15. The van der Waals surface area contributed by atoms with Crippen molar-refractivity contribution in [1.29, 1.82) is 0 Å². The summed E-state index contributed by atoms with van der Waals surface area (Å²) in [7, 11) is 0. The molecule has 0 aliphatic rings.